The summed E-state index contributed by atoms with van der Waals surface area (Å²) in [6.07, 6.45) is 6.75. The molecule has 9 nitrogen and oxygen atoms in total. The first-order valence-electron chi connectivity index (χ1n) is 16.3. The molecule has 2 aliphatic rings. The van der Waals surface area contributed by atoms with Crippen molar-refractivity contribution in [3.8, 4) is 39.4 Å². The lowest BCUT2D eigenvalue weighted by atomic mass is 9.99. The lowest BCUT2D eigenvalue weighted by molar-refractivity contribution is -0.119. The number of benzene rings is 2. The number of hydrogen-bond acceptors (Lipinski definition) is 7. The zero-order valence-electron chi connectivity index (χ0n) is 27.0. The number of hydrogen-bond donors (Lipinski definition) is 3. The third-order valence-corrected chi connectivity index (χ3v) is 9.98. The van der Waals surface area contributed by atoms with Gasteiger partial charge in [-0.15, -0.1) is 0 Å². The van der Waals surface area contributed by atoms with Crippen LogP contribution in [0.3, 0.4) is 0 Å². The number of amides is 1. The fourth-order valence-corrected chi connectivity index (χ4v) is 7.12. The molecule has 2 atom stereocenters. The molecule has 3 N–H and O–H groups in total. The lowest BCUT2D eigenvalue weighted by Crippen LogP contribution is -2.36. The van der Waals surface area contributed by atoms with E-state index in [4.69, 9.17) is 37.7 Å². The van der Waals surface area contributed by atoms with Crippen LogP contribution in [-0.4, -0.2) is 59.4 Å². The largest absolute Gasteiger partial charge is 0.496 e. The summed E-state index contributed by atoms with van der Waals surface area (Å²) in [4.78, 5) is 21.2. The highest BCUT2D eigenvalue weighted by molar-refractivity contribution is 6.39. The number of carbonyl (C=O) groups excluding carboxylic acids is 1. The number of aryl methyl sites for hydroxylation is 1. The van der Waals surface area contributed by atoms with Crippen molar-refractivity contribution in [2.45, 2.75) is 44.5 Å². The first kappa shape index (κ1) is 32.6. The van der Waals surface area contributed by atoms with E-state index in [9.17, 15) is 4.79 Å². The first-order valence-corrected chi connectivity index (χ1v) is 17.0. The van der Waals surface area contributed by atoms with Gasteiger partial charge in [0.05, 0.1) is 34.6 Å². The molecule has 7 rings (SSSR count). The van der Waals surface area contributed by atoms with Gasteiger partial charge in [-0.3, -0.25) is 9.78 Å². The van der Waals surface area contributed by atoms with E-state index in [1.54, 1.807) is 13.3 Å². The Morgan fingerprint density at radius 2 is 1.77 bits per heavy atom. The maximum atomic E-state index is 11.5. The van der Waals surface area contributed by atoms with Gasteiger partial charge in [0.25, 0.3) is 0 Å². The molecule has 0 radical (unpaired) electrons. The second-order valence-electron chi connectivity index (χ2n) is 12.4. The maximum absolute atomic E-state index is 11.5. The second-order valence-corrected chi connectivity index (χ2v) is 13.2. The van der Waals surface area contributed by atoms with Crippen LogP contribution >= 0.6 is 23.2 Å². The SMILES string of the molecule is COc1cc(-c2nccc(-c3cccc(-c4ccc5c(CNC[C@H]6CCO6)cn(C)c5n4)c3Cl)c2Cl)ccc1CNC[C@@H]1CCC(=O)N1. The molecule has 2 aliphatic heterocycles. The van der Waals surface area contributed by atoms with Crippen molar-refractivity contribution in [3.63, 3.8) is 0 Å². The van der Waals surface area contributed by atoms with Crippen molar-refractivity contribution in [2.24, 2.45) is 7.05 Å². The Balaban J connectivity index is 1.12. The van der Waals surface area contributed by atoms with Crippen LogP contribution in [0.1, 0.15) is 30.4 Å². The Morgan fingerprint density at radius 1 is 0.979 bits per heavy atom. The molecule has 248 valence electrons. The maximum Gasteiger partial charge on any atom is 0.220 e. The fourth-order valence-electron chi connectivity index (χ4n) is 6.48. The molecule has 11 heteroatoms. The fraction of sp³-hybridized carbons (Fsp3) is 0.324. The number of nitrogens with one attached hydrogen (secondary N) is 3. The molecule has 3 aromatic heterocycles. The molecule has 0 bridgehead atoms. The summed E-state index contributed by atoms with van der Waals surface area (Å²) < 4.78 is 13.3. The molecule has 2 saturated heterocycles. The van der Waals surface area contributed by atoms with Gasteiger partial charge in [-0.2, -0.15) is 0 Å². The van der Waals surface area contributed by atoms with Crippen LogP contribution in [0.25, 0.3) is 44.7 Å². The van der Waals surface area contributed by atoms with Gasteiger partial charge in [0, 0.05) is 97.9 Å². The van der Waals surface area contributed by atoms with Gasteiger partial charge in [0.2, 0.25) is 5.91 Å². The molecule has 0 saturated carbocycles. The van der Waals surface area contributed by atoms with Gasteiger partial charge < -0.3 is 30.0 Å². The molecule has 1 amide bonds. The van der Waals surface area contributed by atoms with Crippen molar-refractivity contribution < 1.29 is 14.3 Å². The predicted octanol–water partition coefficient (Wildman–Crippen LogP) is 6.53. The second kappa shape index (κ2) is 14.2. The number of ether oxygens (including phenoxy) is 2. The van der Waals surface area contributed by atoms with Gasteiger partial charge >= 0.3 is 0 Å². The molecular formula is C37H38Cl2N6O3. The van der Waals surface area contributed by atoms with Crippen molar-refractivity contribution >= 4 is 40.1 Å². The van der Waals surface area contributed by atoms with E-state index >= 15 is 0 Å². The highest BCUT2D eigenvalue weighted by atomic mass is 35.5. The summed E-state index contributed by atoms with van der Waals surface area (Å²) in [6, 6.07) is 18.1. The van der Waals surface area contributed by atoms with E-state index in [0.717, 1.165) is 82.8 Å². The minimum atomic E-state index is 0.113. The predicted molar refractivity (Wildman–Crippen MR) is 190 cm³/mol. The zero-order chi connectivity index (χ0) is 33.2. The van der Waals surface area contributed by atoms with Crippen LogP contribution in [0, 0.1) is 0 Å². The molecular weight excluding hydrogens is 647 g/mol. The van der Waals surface area contributed by atoms with Gasteiger partial charge in [-0.05, 0) is 42.7 Å². The van der Waals surface area contributed by atoms with Crippen molar-refractivity contribution in [1.29, 1.82) is 0 Å². The monoisotopic (exact) mass is 684 g/mol. The van der Waals surface area contributed by atoms with Gasteiger partial charge in [-0.25, -0.2) is 4.98 Å². The molecule has 0 spiro atoms. The number of pyridine rings is 2. The van der Waals surface area contributed by atoms with Crippen LogP contribution < -0.4 is 20.7 Å². The van der Waals surface area contributed by atoms with Crippen LogP contribution in [0.4, 0.5) is 0 Å². The van der Waals surface area contributed by atoms with Crippen molar-refractivity contribution in [2.75, 3.05) is 26.8 Å². The van der Waals surface area contributed by atoms with E-state index in [0.29, 0.717) is 41.4 Å². The summed E-state index contributed by atoms with van der Waals surface area (Å²) in [7, 11) is 3.67. The topological polar surface area (TPSA) is 102 Å². The van der Waals surface area contributed by atoms with Crippen LogP contribution in [0.15, 0.2) is 67.0 Å². The molecule has 0 aliphatic carbocycles. The lowest BCUT2D eigenvalue weighted by Gasteiger charge is -2.26. The summed E-state index contributed by atoms with van der Waals surface area (Å²) >= 11 is 14.2. The Hall–Kier alpha value is -3.99. The third kappa shape index (κ3) is 6.66. The number of aromatic nitrogens is 3. The average Bonchev–Trinajstić information content (AvgIpc) is 3.64. The van der Waals surface area contributed by atoms with Crippen molar-refractivity contribution in [3.05, 3.63) is 88.2 Å². The molecule has 5 aromatic rings. The number of carbonyl (C=O) groups is 1. The third-order valence-electron chi connectivity index (χ3n) is 9.19. The van der Waals surface area contributed by atoms with Gasteiger partial charge in [0.1, 0.15) is 11.4 Å². The number of fused-ring (bicyclic) bond motifs is 1. The van der Waals surface area contributed by atoms with E-state index in [-0.39, 0.29) is 11.9 Å². The van der Waals surface area contributed by atoms with E-state index in [1.165, 1.54) is 5.56 Å². The smallest absolute Gasteiger partial charge is 0.220 e. The Kier molecular flexibility index (Phi) is 9.66. The van der Waals surface area contributed by atoms with Gasteiger partial charge in [-0.1, -0.05) is 53.5 Å². The minimum Gasteiger partial charge on any atom is -0.496 e. The number of methoxy groups -OCH3 is 1. The van der Waals surface area contributed by atoms with E-state index in [1.807, 2.05) is 55.6 Å². The van der Waals surface area contributed by atoms with Crippen LogP contribution in [-0.2, 0) is 29.7 Å². The highest BCUT2D eigenvalue weighted by Crippen LogP contribution is 2.42. The van der Waals surface area contributed by atoms with Crippen molar-refractivity contribution in [1.82, 2.24) is 30.5 Å². The first-order chi connectivity index (χ1) is 23.4. The number of halogens is 2. The summed E-state index contributed by atoms with van der Waals surface area (Å²) in [5.41, 5.74) is 7.75. The summed E-state index contributed by atoms with van der Waals surface area (Å²) in [5.74, 6) is 0.841. The number of rotatable bonds is 12. The Bertz CT molecular complexity index is 1970. The molecule has 2 aromatic carbocycles. The van der Waals surface area contributed by atoms with Gasteiger partial charge in [0.15, 0.2) is 0 Å². The van der Waals surface area contributed by atoms with E-state index < -0.39 is 0 Å². The molecule has 2 fully saturated rings. The standard InChI is InChI=1S/C37H38Cl2N6O3/c1-45-21-24(18-41-20-26-13-15-48-26)27-9-10-31(44-37(27)45)30-5-3-4-28(34(30)38)29-12-14-42-36(35(29)39)22-6-7-23(32(16-22)47-2)17-40-19-25-8-11-33(46)43-25/h3-7,9-10,12,14,16,21,25-26,40-41H,8,11,13,15,17-20H2,1-2H3,(H,43,46)/t25-,26+/m0/s1. The highest BCUT2D eigenvalue weighted by Gasteiger charge is 2.22. The Morgan fingerprint density at radius 3 is 2.54 bits per heavy atom. The summed E-state index contributed by atoms with van der Waals surface area (Å²) in [5, 5.41) is 12.1. The Labute approximate surface area is 290 Å². The number of nitrogens with zero attached hydrogens (tertiary/aromatic N) is 3. The molecule has 48 heavy (non-hydrogen) atoms. The summed E-state index contributed by atoms with van der Waals surface area (Å²) in [6.45, 7) is 3.77. The minimum absolute atomic E-state index is 0.113. The van der Waals surface area contributed by atoms with Crippen LogP contribution in [0.5, 0.6) is 5.75 Å². The van der Waals surface area contributed by atoms with E-state index in [2.05, 4.69) is 37.8 Å². The molecule has 5 heterocycles. The molecule has 0 unspecified atom stereocenters. The zero-order valence-corrected chi connectivity index (χ0v) is 28.5. The normalized spacial score (nSPS) is 17.5. The quantitative estimate of drug-likeness (QED) is 0.137. The van der Waals surface area contributed by atoms with Crippen LogP contribution in [0.2, 0.25) is 10.0 Å². The average molecular weight is 686 g/mol.